The molecule has 4 rings (SSSR count). The van der Waals surface area contributed by atoms with Crippen LogP contribution >= 0.6 is 0 Å². The molecule has 2 heterocycles. The highest BCUT2D eigenvalue weighted by atomic mass is 16.2. The van der Waals surface area contributed by atoms with E-state index < -0.39 is 41.0 Å². The SMILES string of the molecule is C#CCCC(CC(=O)[C@@H]1[C@H]2CCC[C@H]2CN1C(=O)[C@@H](NC(=O)N[C@H](CN1CCCCC1=O)C(C)(C)C)C1(C)CCCCC1)C(=O)C(=O)CCC=C. The van der Waals surface area contributed by atoms with Crippen molar-refractivity contribution in [2.75, 3.05) is 19.6 Å². The standard InChI is InChI=1S/C41H62N4O6/c1-7-9-17-28(36(49)31(46)20-10-8-2)25-32(47)35-30-19-16-18-29(30)26-45(35)38(50)37(41(6)22-13-11-14-23-41)43-39(51)42-33(40(3,4)5)27-44-24-15-12-21-34(44)48/h1,8,28-30,33,35,37H,2,9-27H2,3-6H3,(H2,42,43,51)/t28?,29-,30-,33+,35-,37+/m0/s1. The minimum absolute atomic E-state index is 0.0257. The molecule has 4 fully saturated rings. The molecule has 0 bridgehead atoms. The number of ketones is 3. The molecular weight excluding hydrogens is 644 g/mol. The minimum Gasteiger partial charge on any atom is -0.341 e. The fourth-order valence-corrected chi connectivity index (χ4v) is 8.97. The molecular formula is C41H62N4O6. The molecule has 2 saturated heterocycles. The number of urea groups is 1. The number of carbonyl (C=O) groups is 6. The number of hydrogen-bond acceptors (Lipinski definition) is 6. The zero-order valence-corrected chi connectivity index (χ0v) is 31.6. The van der Waals surface area contributed by atoms with E-state index in [1.807, 2.05) is 25.7 Å². The number of fused-ring (bicyclic) bond motifs is 1. The van der Waals surface area contributed by atoms with E-state index in [0.29, 0.717) is 32.5 Å². The Hall–Kier alpha value is -3.48. The van der Waals surface area contributed by atoms with Crippen LogP contribution in [0.5, 0.6) is 0 Å². The predicted octanol–water partition coefficient (Wildman–Crippen LogP) is 5.77. The molecule has 1 unspecified atom stereocenters. The third-order valence-corrected chi connectivity index (χ3v) is 12.2. The molecule has 4 amide bonds. The van der Waals surface area contributed by atoms with Crippen molar-refractivity contribution in [3.8, 4) is 12.3 Å². The average Bonchev–Trinajstić information content (AvgIpc) is 3.69. The van der Waals surface area contributed by atoms with Crippen LogP contribution in [0.1, 0.15) is 130 Å². The van der Waals surface area contributed by atoms with Gasteiger partial charge in [0.05, 0.1) is 12.1 Å². The minimum atomic E-state index is -0.858. The predicted molar refractivity (Wildman–Crippen MR) is 197 cm³/mol. The molecule has 0 aromatic heterocycles. The lowest BCUT2D eigenvalue weighted by molar-refractivity contribution is -0.144. The number of hydrogen-bond donors (Lipinski definition) is 2. The first-order valence-electron chi connectivity index (χ1n) is 19.5. The van der Waals surface area contributed by atoms with Gasteiger partial charge in [-0.25, -0.2) is 4.79 Å². The lowest BCUT2D eigenvalue weighted by atomic mass is 9.70. The third-order valence-electron chi connectivity index (χ3n) is 12.2. The molecule has 282 valence electrons. The maximum absolute atomic E-state index is 14.9. The van der Waals surface area contributed by atoms with Crippen molar-refractivity contribution in [2.45, 2.75) is 149 Å². The van der Waals surface area contributed by atoms with Gasteiger partial charge >= 0.3 is 6.03 Å². The molecule has 4 aliphatic rings. The van der Waals surface area contributed by atoms with Crippen molar-refractivity contribution >= 4 is 35.2 Å². The molecule has 2 aliphatic carbocycles. The summed E-state index contributed by atoms with van der Waals surface area (Å²) in [7, 11) is 0. The second kappa shape index (κ2) is 17.8. The largest absolute Gasteiger partial charge is 0.341 e. The average molecular weight is 707 g/mol. The van der Waals surface area contributed by atoms with Gasteiger partial charge in [-0.1, -0.05) is 59.5 Å². The Morgan fingerprint density at radius 2 is 1.76 bits per heavy atom. The van der Waals surface area contributed by atoms with Crippen molar-refractivity contribution < 1.29 is 28.8 Å². The van der Waals surface area contributed by atoms with Crippen molar-refractivity contribution in [3.05, 3.63) is 12.7 Å². The number of allylic oxidation sites excluding steroid dienone is 1. The molecule has 10 heteroatoms. The Bertz CT molecular complexity index is 1350. The summed E-state index contributed by atoms with van der Waals surface area (Å²) in [5, 5.41) is 6.26. The molecule has 6 atom stereocenters. The molecule has 10 nitrogen and oxygen atoms in total. The highest BCUT2D eigenvalue weighted by molar-refractivity contribution is 6.38. The summed E-state index contributed by atoms with van der Waals surface area (Å²) in [4.78, 5) is 85.4. The number of piperidine rings is 1. The van der Waals surface area contributed by atoms with E-state index in [0.717, 1.165) is 64.2 Å². The summed E-state index contributed by atoms with van der Waals surface area (Å²) in [6, 6.07) is -2.38. The van der Waals surface area contributed by atoms with Gasteiger partial charge in [-0.2, -0.15) is 0 Å². The van der Waals surface area contributed by atoms with Gasteiger partial charge in [0.2, 0.25) is 17.6 Å². The van der Waals surface area contributed by atoms with Crippen LogP contribution in [0.25, 0.3) is 0 Å². The Kier molecular flexibility index (Phi) is 14.1. The van der Waals surface area contributed by atoms with E-state index in [1.54, 1.807) is 11.0 Å². The van der Waals surface area contributed by atoms with Gasteiger partial charge in [0.1, 0.15) is 6.04 Å². The Labute approximate surface area is 305 Å². The van der Waals surface area contributed by atoms with Gasteiger partial charge in [-0.05, 0) is 74.0 Å². The fourth-order valence-electron chi connectivity index (χ4n) is 8.97. The maximum atomic E-state index is 14.9. The zero-order valence-electron chi connectivity index (χ0n) is 31.6. The molecule has 0 spiro atoms. The van der Waals surface area contributed by atoms with Gasteiger partial charge < -0.3 is 20.4 Å². The topological polar surface area (TPSA) is 133 Å². The van der Waals surface area contributed by atoms with E-state index in [9.17, 15) is 28.8 Å². The van der Waals surface area contributed by atoms with Gasteiger partial charge in [0, 0.05) is 51.2 Å². The van der Waals surface area contributed by atoms with Crippen molar-refractivity contribution in [3.63, 3.8) is 0 Å². The second-order valence-electron chi connectivity index (χ2n) is 17.0. The van der Waals surface area contributed by atoms with E-state index in [1.165, 1.54) is 0 Å². The van der Waals surface area contributed by atoms with Crippen molar-refractivity contribution in [1.82, 2.24) is 20.4 Å². The second-order valence-corrected chi connectivity index (χ2v) is 17.0. The van der Waals surface area contributed by atoms with E-state index in [-0.39, 0.29) is 66.6 Å². The van der Waals surface area contributed by atoms with E-state index >= 15 is 0 Å². The maximum Gasteiger partial charge on any atom is 0.315 e. The zero-order chi connectivity index (χ0) is 37.3. The lowest BCUT2D eigenvalue weighted by Gasteiger charge is -2.43. The number of likely N-dealkylation sites (tertiary alicyclic amines) is 2. The summed E-state index contributed by atoms with van der Waals surface area (Å²) in [6.07, 6.45) is 17.4. The van der Waals surface area contributed by atoms with Crippen LogP contribution in [-0.2, 0) is 24.0 Å². The summed E-state index contributed by atoms with van der Waals surface area (Å²) in [5.41, 5.74) is -0.866. The van der Waals surface area contributed by atoms with Crippen LogP contribution in [-0.4, -0.2) is 82.8 Å². The van der Waals surface area contributed by atoms with E-state index in [2.05, 4.69) is 30.1 Å². The first-order chi connectivity index (χ1) is 24.2. The van der Waals surface area contributed by atoms with Crippen LogP contribution in [0.4, 0.5) is 4.79 Å². The lowest BCUT2D eigenvalue weighted by Crippen LogP contribution is -2.62. The number of amides is 4. The number of terminal acetylenes is 1. The summed E-state index contributed by atoms with van der Waals surface area (Å²) in [6.45, 7) is 13.3. The van der Waals surface area contributed by atoms with Gasteiger partial charge in [0.15, 0.2) is 11.6 Å². The number of rotatable bonds is 16. The smallest absolute Gasteiger partial charge is 0.315 e. The first-order valence-corrected chi connectivity index (χ1v) is 19.5. The quantitative estimate of drug-likeness (QED) is 0.119. The third kappa shape index (κ3) is 10.1. The fraction of sp³-hybridized carbons (Fsp3) is 0.756. The first kappa shape index (κ1) is 40.3. The molecule has 0 aromatic carbocycles. The van der Waals surface area contributed by atoms with E-state index in [4.69, 9.17) is 6.42 Å². The number of nitrogens with zero attached hydrogens (tertiary/aromatic N) is 2. The van der Waals surface area contributed by atoms with Crippen LogP contribution in [0.3, 0.4) is 0 Å². The molecule has 2 saturated carbocycles. The number of nitrogens with one attached hydrogen (secondary N) is 2. The van der Waals surface area contributed by atoms with Gasteiger partial charge in [-0.15, -0.1) is 18.9 Å². The summed E-state index contributed by atoms with van der Waals surface area (Å²) in [5.74, 6) is 0.377. The summed E-state index contributed by atoms with van der Waals surface area (Å²) < 4.78 is 0. The Morgan fingerprint density at radius 1 is 1.04 bits per heavy atom. The highest BCUT2D eigenvalue weighted by Crippen LogP contribution is 2.46. The van der Waals surface area contributed by atoms with Gasteiger partial charge in [0.25, 0.3) is 0 Å². The van der Waals surface area contributed by atoms with Crippen LogP contribution in [0.2, 0.25) is 0 Å². The van der Waals surface area contributed by atoms with Crippen LogP contribution in [0.15, 0.2) is 12.7 Å². The van der Waals surface area contributed by atoms with Crippen molar-refractivity contribution in [2.24, 2.45) is 28.6 Å². The van der Waals surface area contributed by atoms with Crippen molar-refractivity contribution in [1.29, 1.82) is 0 Å². The monoisotopic (exact) mass is 706 g/mol. The molecule has 2 aliphatic heterocycles. The molecule has 2 N–H and O–H groups in total. The van der Waals surface area contributed by atoms with Gasteiger partial charge in [-0.3, -0.25) is 24.0 Å². The van der Waals surface area contributed by atoms with Crippen LogP contribution < -0.4 is 10.6 Å². The number of Topliss-reactive ketones (excluding diaryl/α,β-unsaturated/α-hetero) is 3. The van der Waals surface area contributed by atoms with Crippen LogP contribution in [0, 0.1) is 40.9 Å². The Morgan fingerprint density at radius 3 is 2.41 bits per heavy atom. The summed E-state index contributed by atoms with van der Waals surface area (Å²) >= 11 is 0. The molecule has 51 heavy (non-hydrogen) atoms. The Balaban J connectivity index is 1.58. The number of carbonyl (C=O) groups excluding carboxylic acids is 6. The normalized spacial score (nSPS) is 24.8. The highest BCUT2D eigenvalue weighted by Gasteiger charge is 2.53. The molecule has 0 aromatic rings. The molecule has 0 radical (unpaired) electrons.